The highest BCUT2D eigenvalue weighted by Gasteiger charge is 2.23. The Morgan fingerprint density at radius 2 is 1.96 bits per heavy atom. The van der Waals surface area contributed by atoms with Crippen LogP contribution in [0.5, 0.6) is 0 Å². The van der Waals surface area contributed by atoms with Gasteiger partial charge in [-0.25, -0.2) is 4.39 Å². The average Bonchev–Trinajstić information content (AvgIpc) is 2.76. The van der Waals surface area contributed by atoms with E-state index in [0.717, 1.165) is 19.6 Å². The van der Waals surface area contributed by atoms with Crippen molar-refractivity contribution in [1.82, 2.24) is 15.1 Å². The van der Waals surface area contributed by atoms with Gasteiger partial charge in [0.25, 0.3) is 0 Å². The van der Waals surface area contributed by atoms with Crippen molar-refractivity contribution in [3.05, 3.63) is 35.6 Å². The average molecular weight is 321 g/mol. The fraction of sp³-hybridized carbons (Fsp3) is 0.611. The molecule has 1 atom stereocenters. The largest absolute Gasteiger partial charge is 0.353 e. The molecule has 0 spiro atoms. The third-order valence-electron chi connectivity index (χ3n) is 4.36. The molecular weight excluding hydrogens is 293 g/mol. The smallest absolute Gasteiger partial charge is 0.241 e. The molecule has 0 saturated carbocycles. The number of rotatable bonds is 6. The van der Waals surface area contributed by atoms with Gasteiger partial charge < -0.3 is 10.2 Å². The Balaban J connectivity index is 1.88. The standard InChI is InChI=1S/C18H28FN3O/c1-21(2)17(15-8-7-9-16(19)14-15)18(23)20-10-13-22-11-5-3-4-6-12-22/h7-9,14,17H,3-6,10-13H2,1-2H3,(H,20,23). The number of nitrogens with zero attached hydrogens (tertiary/aromatic N) is 2. The molecule has 1 heterocycles. The first-order valence-electron chi connectivity index (χ1n) is 8.50. The van der Waals surface area contributed by atoms with Crippen LogP contribution in [0.4, 0.5) is 4.39 Å². The van der Waals surface area contributed by atoms with E-state index in [4.69, 9.17) is 0 Å². The van der Waals surface area contributed by atoms with Crippen LogP contribution < -0.4 is 5.32 Å². The molecule has 1 unspecified atom stereocenters. The number of likely N-dealkylation sites (N-methyl/N-ethyl adjacent to an activating group) is 1. The Bertz CT molecular complexity index is 499. The van der Waals surface area contributed by atoms with E-state index in [0.29, 0.717) is 12.1 Å². The minimum Gasteiger partial charge on any atom is -0.353 e. The summed E-state index contributed by atoms with van der Waals surface area (Å²) >= 11 is 0. The van der Waals surface area contributed by atoms with Gasteiger partial charge in [-0.2, -0.15) is 0 Å². The number of benzene rings is 1. The lowest BCUT2D eigenvalue weighted by Gasteiger charge is -2.25. The Labute approximate surface area is 138 Å². The zero-order valence-electron chi connectivity index (χ0n) is 14.2. The zero-order valence-corrected chi connectivity index (χ0v) is 14.2. The van der Waals surface area contributed by atoms with Crippen LogP contribution >= 0.6 is 0 Å². The number of hydrogen-bond acceptors (Lipinski definition) is 3. The Kier molecular flexibility index (Phi) is 6.99. The number of amides is 1. The van der Waals surface area contributed by atoms with Crippen LogP contribution in [0, 0.1) is 5.82 Å². The van der Waals surface area contributed by atoms with E-state index in [2.05, 4.69) is 10.2 Å². The molecule has 1 N–H and O–H groups in total. The summed E-state index contributed by atoms with van der Waals surface area (Å²) in [5, 5.41) is 3.01. The molecule has 0 radical (unpaired) electrons. The second kappa shape index (κ2) is 8.99. The van der Waals surface area contributed by atoms with Gasteiger partial charge in [-0.3, -0.25) is 9.69 Å². The van der Waals surface area contributed by atoms with Gasteiger partial charge in [-0.05, 0) is 57.7 Å². The molecule has 1 aromatic carbocycles. The summed E-state index contributed by atoms with van der Waals surface area (Å²) in [4.78, 5) is 16.7. The van der Waals surface area contributed by atoms with Crippen LogP contribution in [-0.2, 0) is 4.79 Å². The van der Waals surface area contributed by atoms with Crippen molar-refractivity contribution < 1.29 is 9.18 Å². The molecule has 1 aliphatic heterocycles. The maximum atomic E-state index is 13.4. The molecule has 5 heteroatoms. The molecule has 1 aliphatic rings. The maximum absolute atomic E-state index is 13.4. The van der Waals surface area contributed by atoms with Crippen molar-refractivity contribution >= 4 is 5.91 Å². The van der Waals surface area contributed by atoms with Crippen LogP contribution in [0.15, 0.2) is 24.3 Å². The van der Waals surface area contributed by atoms with E-state index in [-0.39, 0.29) is 11.7 Å². The quantitative estimate of drug-likeness (QED) is 0.874. The lowest BCUT2D eigenvalue weighted by Crippen LogP contribution is -2.41. The molecule has 1 fully saturated rings. The molecule has 0 aliphatic carbocycles. The third-order valence-corrected chi connectivity index (χ3v) is 4.36. The lowest BCUT2D eigenvalue weighted by molar-refractivity contribution is -0.125. The highest BCUT2D eigenvalue weighted by atomic mass is 19.1. The van der Waals surface area contributed by atoms with Crippen LogP contribution in [0.2, 0.25) is 0 Å². The van der Waals surface area contributed by atoms with Crippen molar-refractivity contribution in [1.29, 1.82) is 0 Å². The normalized spacial score (nSPS) is 17.7. The molecule has 2 rings (SSSR count). The van der Waals surface area contributed by atoms with Gasteiger partial charge in [0.05, 0.1) is 0 Å². The summed E-state index contributed by atoms with van der Waals surface area (Å²) in [5.41, 5.74) is 0.683. The Hall–Kier alpha value is -1.46. The van der Waals surface area contributed by atoms with Crippen LogP contribution in [0.1, 0.15) is 37.3 Å². The predicted molar refractivity (Wildman–Crippen MR) is 90.7 cm³/mol. The Morgan fingerprint density at radius 1 is 1.26 bits per heavy atom. The number of carbonyl (C=O) groups is 1. The molecule has 0 aromatic heterocycles. The SMILES string of the molecule is CN(C)C(C(=O)NCCN1CCCCCC1)c1cccc(F)c1. The first-order chi connectivity index (χ1) is 11.1. The molecule has 1 saturated heterocycles. The van der Waals surface area contributed by atoms with E-state index in [1.807, 2.05) is 19.0 Å². The summed E-state index contributed by atoms with van der Waals surface area (Å²) < 4.78 is 13.4. The fourth-order valence-electron chi connectivity index (χ4n) is 3.15. The highest BCUT2D eigenvalue weighted by molar-refractivity contribution is 5.83. The zero-order chi connectivity index (χ0) is 16.7. The van der Waals surface area contributed by atoms with E-state index in [1.54, 1.807) is 12.1 Å². The number of likely N-dealkylation sites (tertiary alicyclic amines) is 1. The summed E-state index contributed by atoms with van der Waals surface area (Å²) in [6.45, 7) is 3.77. The second-order valence-corrected chi connectivity index (χ2v) is 6.47. The first-order valence-corrected chi connectivity index (χ1v) is 8.50. The fourth-order valence-corrected chi connectivity index (χ4v) is 3.15. The maximum Gasteiger partial charge on any atom is 0.241 e. The number of nitrogens with one attached hydrogen (secondary N) is 1. The predicted octanol–water partition coefficient (Wildman–Crippen LogP) is 2.42. The molecule has 4 nitrogen and oxygen atoms in total. The molecule has 1 aromatic rings. The van der Waals surface area contributed by atoms with E-state index in [1.165, 1.54) is 37.8 Å². The molecular formula is C18H28FN3O. The molecule has 23 heavy (non-hydrogen) atoms. The van der Waals surface area contributed by atoms with Gasteiger partial charge >= 0.3 is 0 Å². The van der Waals surface area contributed by atoms with Gasteiger partial charge in [0, 0.05) is 13.1 Å². The van der Waals surface area contributed by atoms with E-state index in [9.17, 15) is 9.18 Å². The summed E-state index contributed by atoms with van der Waals surface area (Å²) in [5.74, 6) is -0.387. The number of halogens is 1. The van der Waals surface area contributed by atoms with Crippen molar-refractivity contribution in [3.63, 3.8) is 0 Å². The molecule has 128 valence electrons. The van der Waals surface area contributed by atoms with Crippen molar-refractivity contribution in [2.45, 2.75) is 31.7 Å². The monoisotopic (exact) mass is 321 g/mol. The number of carbonyl (C=O) groups excluding carboxylic acids is 1. The van der Waals surface area contributed by atoms with Crippen molar-refractivity contribution in [3.8, 4) is 0 Å². The summed E-state index contributed by atoms with van der Waals surface area (Å²) in [6, 6.07) is 5.80. The van der Waals surface area contributed by atoms with E-state index >= 15 is 0 Å². The first kappa shape index (κ1) is 17.9. The van der Waals surface area contributed by atoms with Gasteiger partial charge in [0.15, 0.2) is 0 Å². The van der Waals surface area contributed by atoms with Crippen LogP contribution in [0.3, 0.4) is 0 Å². The van der Waals surface area contributed by atoms with Gasteiger partial charge in [-0.15, -0.1) is 0 Å². The second-order valence-electron chi connectivity index (χ2n) is 6.47. The van der Waals surface area contributed by atoms with Crippen LogP contribution in [-0.4, -0.2) is 56.0 Å². The van der Waals surface area contributed by atoms with E-state index < -0.39 is 6.04 Å². The minimum atomic E-state index is -0.463. The topological polar surface area (TPSA) is 35.6 Å². The number of hydrogen-bond donors (Lipinski definition) is 1. The summed E-state index contributed by atoms with van der Waals surface area (Å²) in [6.07, 6.45) is 5.12. The molecule has 0 bridgehead atoms. The molecule has 1 amide bonds. The lowest BCUT2D eigenvalue weighted by atomic mass is 10.1. The van der Waals surface area contributed by atoms with Crippen LogP contribution in [0.25, 0.3) is 0 Å². The van der Waals surface area contributed by atoms with Crippen molar-refractivity contribution in [2.24, 2.45) is 0 Å². The van der Waals surface area contributed by atoms with Gasteiger partial charge in [0.1, 0.15) is 11.9 Å². The van der Waals surface area contributed by atoms with Crippen molar-refractivity contribution in [2.75, 3.05) is 40.3 Å². The summed E-state index contributed by atoms with van der Waals surface area (Å²) in [7, 11) is 3.67. The minimum absolute atomic E-state index is 0.0737. The Morgan fingerprint density at radius 3 is 2.57 bits per heavy atom. The highest BCUT2D eigenvalue weighted by Crippen LogP contribution is 2.19. The van der Waals surface area contributed by atoms with Gasteiger partial charge in [0.2, 0.25) is 5.91 Å². The van der Waals surface area contributed by atoms with Gasteiger partial charge in [-0.1, -0.05) is 25.0 Å². The third kappa shape index (κ3) is 5.59.